The average molecular weight is 459 g/mol. The van der Waals surface area contributed by atoms with Crippen molar-refractivity contribution in [2.45, 2.75) is 57.5 Å². The summed E-state index contributed by atoms with van der Waals surface area (Å²) in [4.78, 5) is 4.75. The third-order valence-electron chi connectivity index (χ3n) is 6.03. The van der Waals surface area contributed by atoms with Crippen LogP contribution in [0.25, 0.3) is 27.5 Å². The topological polar surface area (TPSA) is 118 Å². The van der Waals surface area contributed by atoms with Crippen LogP contribution in [0.4, 0.5) is 5.69 Å². The van der Waals surface area contributed by atoms with Crippen LogP contribution in [-0.4, -0.2) is 36.9 Å². The number of hydrogen-bond donors (Lipinski definition) is 2. The number of pyridine rings is 1. The quantitative estimate of drug-likeness (QED) is 0.449. The zero-order valence-electron chi connectivity index (χ0n) is 18.7. The maximum atomic E-state index is 9.14. The molecule has 8 nitrogen and oxygen atoms in total. The number of rotatable bonds is 5. The molecule has 4 aromatic rings. The van der Waals surface area contributed by atoms with E-state index in [-0.39, 0.29) is 6.04 Å². The Bertz CT molecular complexity index is 1320. The molecule has 1 aliphatic rings. The number of nitrogens with two attached hydrogens (primary N) is 1. The molecule has 4 aromatic heterocycles. The Morgan fingerprint density at radius 2 is 1.97 bits per heavy atom. The second-order valence-corrected chi connectivity index (χ2v) is 9.89. The minimum Gasteiger partial charge on any atom is -0.382 e. The Morgan fingerprint density at radius 1 is 1.15 bits per heavy atom. The molecule has 1 saturated carbocycles. The highest BCUT2D eigenvalue weighted by Gasteiger charge is 2.24. The van der Waals surface area contributed by atoms with E-state index in [2.05, 4.69) is 40.5 Å². The molecule has 0 spiro atoms. The molecule has 0 aliphatic heterocycles. The minimum absolute atomic E-state index is 0.242. The summed E-state index contributed by atoms with van der Waals surface area (Å²) in [5.74, 6) is 0.446. The van der Waals surface area contributed by atoms with E-state index < -0.39 is 0 Å². The smallest absolute Gasteiger partial charge is 0.151 e. The fraction of sp³-hybridized carbons (Fsp3) is 0.375. The van der Waals surface area contributed by atoms with Crippen molar-refractivity contribution in [3.8, 4) is 28.0 Å². The third-order valence-corrected chi connectivity index (χ3v) is 7.15. The van der Waals surface area contributed by atoms with Crippen molar-refractivity contribution in [3.05, 3.63) is 47.2 Å². The zero-order valence-corrected chi connectivity index (χ0v) is 19.5. The molecule has 0 atom stereocenters. The molecular weight excluding hydrogens is 432 g/mol. The molecule has 168 valence electrons. The first-order chi connectivity index (χ1) is 16.0. The second-order valence-electron chi connectivity index (χ2n) is 8.88. The molecule has 0 aromatic carbocycles. The maximum absolute atomic E-state index is 9.14. The van der Waals surface area contributed by atoms with Crippen LogP contribution < -0.4 is 11.1 Å². The van der Waals surface area contributed by atoms with E-state index in [0.29, 0.717) is 17.5 Å². The van der Waals surface area contributed by atoms with Gasteiger partial charge in [-0.2, -0.15) is 10.4 Å². The third kappa shape index (κ3) is 4.32. The lowest BCUT2D eigenvalue weighted by atomic mass is 9.87. The predicted octanol–water partition coefficient (Wildman–Crippen LogP) is 4.59. The first kappa shape index (κ1) is 21.5. The molecule has 0 unspecified atom stereocenters. The van der Waals surface area contributed by atoms with E-state index >= 15 is 0 Å². The van der Waals surface area contributed by atoms with Crippen molar-refractivity contribution < 1.29 is 0 Å². The molecule has 0 saturated heterocycles. The Kier molecular flexibility index (Phi) is 5.79. The van der Waals surface area contributed by atoms with Gasteiger partial charge in [0.05, 0.1) is 34.2 Å². The number of anilines is 1. The van der Waals surface area contributed by atoms with E-state index in [0.717, 1.165) is 63.9 Å². The summed E-state index contributed by atoms with van der Waals surface area (Å²) in [6, 6.07) is 10.5. The second kappa shape index (κ2) is 8.89. The molecule has 33 heavy (non-hydrogen) atoms. The summed E-state index contributed by atoms with van der Waals surface area (Å²) in [5, 5.41) is 28.1. The van der Waals surface area contributed by atoms with Crippen LogP contribution in [0.2, 0.25) is 0 Å². The van der Waals surface area contributed by atoms with E-state index in [1.165, 1.54) is 0 Å². The zero-order chi connectivity index (χ0) is 22.9. The van der Waals surface area contributed by atoms with Crippen molar-refractivity contribution in [1.29, 1.82) is 5.26 Å². The van der Waals surface area contributed by atoms with Crippen LogP contribution in [0.5, 0.6) is 0 Å². The van der Waals surface area contributed by atoms with E-state index in [1.807, 2.05) is 30.5 Å². The van der Waals surface area contributed by atoms with Crippen LogP contribution in [-0.2, 0) is 0 Å². The summed E-state index contributed by atoms with van der Waals surface area (Å²) < 4.78 is 1.80. The number of hydrogen-bond acceptors (Lipinski definition) is 8. The average Bonchev–Trinajstić information content (AvgIpc) is 3.46. The fourth-order valence-electron chi connectivity index (χ4n) is 4.33. The molecular formula is C24H26N8S. The Morgan fingerprint density at radius 3 is 2.73 bits per heavy atom. The van der Waals surface area contributed by atoms with E-state index in [4.69, 9.17) is 16.0 Å². The van der Waals surface area contributed by atoms with E-state index in [9.17, 15) is 0 Å². The summed E-state index contributed by atoms with van der Waals surface area (Å²) in [6.45, 7) is 4.22. The number of aromatic nitrogens is 5. The van der Waals surface area contributed by atoms with Gasteiger partial charge in [0, 0.05) is 29.9 Å². The first-order valence-corrected chi connectivity index (χ1v) is 12.1. The normalized spacial score (nSPS) is 18.5. The van der Waals surface area contributed by atoms with Crippen LogP contribution in [0.3, 0.4) is 0 Å². The summed E-state index contributed by atoms with van der Waals surface area (Å²) >= 11 is 1.65. The van der Waals surface area contributed by atoms with Gasteiger partial charge in [0.1, 0.15) is 11.1 Å². The monoisotopic (exact) mass is 458 g/mol. The van der Waals surface area contributed by atoms with Gasteiger partial charge in [0.2, 0.25) is 0 Å². The molecule has 5 rings (SSSR count). The largest absolute Gasteiger partial charge is 0.382 e. The Labute approximate surface area is 196 Å². The molecule has 3 N–H and O–H groups in total. The van der Waals surface area contributed by atoms with Gasteiger partial charge in [0.25, 0.3) is 0 Å². The molecule has 0 amide bonds. The minimum atomic E-state index is 0.242. The Balaban J connectivity index is 1.50. The molecule has 0 radical (unpaired) electrons. The van der Waals surface area contributed by atoms with Crippen LogP contribution in [0.1, 0.15) is 56.0 Å². The number of nitriles is 1. The standard InChI is InChI=1S/C24H26N8S/c1-14(2)29-20-10-21(22-8-7-18-9-15(11-25)12-28-32(18)22)27-13-19(20)24-31-30-23(33-24)16-3-5-17(26)6-4-16/h7-10,12-14,16-17H,3-6,26H2,1-2H3,(H,27,29)/t16-,17-. The van der Waals surface area contributed by atoms with Crippen LogP contribution in [0.15, 0.2) is 36.7 Å². The Hall–Kier alpha value is -3.35. The van der Waals surface area contributed by atoms with Crippen LogP contribution in [0, 0.1) is 11.3 Å². The van der Waals surface area contributed by atoms with Gasteiger partial charge in [0.15, 0.2) is 5.01 Å². The van der Waals surface area contributed by atoms with Gasteiger partial charge >= 0.3 is 0 Å². The highest BCUT2D eigenvalue weighted by molar-refractivity contribution is 7.14. The predicted molar refractivity (Wildman–Crippen MR) is 130 cm³/mol. The number of fused-ring (bicyclic) bond motifs is 1. The van der Waals surface area contributed by atoms with Gasteiger partial charge in [-0.15, -0.1) is 10.2 Å². The first-order valence-electron chi connectivity index (χ1n) is 11.3. The maximum Gasteiger partial charge on any atom is 0.151 e. The van der Waals surface area contributed by atoms with Gasteiger partial charge < -0.3 is 11.1 Å². The highest BCUT2D eigenvalue weighted by atomic mass is 32.1. The van der Waals surface area contributed by atoms with Crippen molar-refractivity contribution >= 4 is 22.5 Å². The lowest BCUT2D eigenvalue weighted by Gasteiger charge is -2.23. The van der Waals surface area contributed by atoms with Crippen LogP contribution >= 0.6 is 11.3 Å². The van der Waals surface area contributed by atoms with Gasteiger partial charge in [-0.3, -0.25) is 4.98 Å². The van der Waals surface area contributed by atoms with Gasteiger partial charge in [-0.25, -0.2) is 4.52 Å². The molecule has 4 heterocycles. The summed E-state index contributed by atoms with van der Waals surface area (Å²) in [6.07, 6.45) is 7.68. The molecule has 9 heteroatoms. The lowest BCUT2D eigenvalue weighted by Crippen LogP contribution is -2.25. The SMILES string of the molecule is CC(C)Nc1cc(-c2ccc3cc(C#N)cnn23)ncc1-c1nnc([C@H]2CC[C@H](N)CC2)s1. The summed E-state index contributed by atoms with van der Waals surface area (Å²) in [5.41, 5.74) is 11.0. The number of nitrogens with one attached hydrogen (secondary N) is 1. The van der Waals surface area contributed by atoms with Gasteiger partial charge in [-0.05, 0) is 63.8 Å². The van der Waals surface area contributed by atoms with E-state index in [1.54, 1.807) is 22.0 Å². The lowest BCUT2D eigenvalue weighted by molar-refractivity contribution is 0.393. The fourth-order valence-corrected chi connectivity index (χ4v) is 5.36. The van der Waals surface area contributed by atoms with Crippen molar-refractivity contribution in [3.63, 3.8) is 0 Å². The molecule has 1 aliphatic carbocycles. The molecule has 1 fully saturated rings. The number of nitrogens with zero attached hydrogens (tertiary/aromatic N) is 6. The summed E-state index contributed by atoms with van der Waals surface area (Å²) in [7, 11) is 0. The highest BCUT2D eigenvalue weighted by Crippen LogP contribution is 2.38. The van der Waals surface area contributed by atoms with Crippen molar-refractivity contribution in [1.82, 2.24) is 24.8 Å². The molecule has 0 bridgehead atoms. The van der Waals surface area contributed by atoms with Gasteiger partial charge in [-0.1, -0.05) is 11.3 Å². The van der Waals surface area contributed by atoms with Crippen molar-refractivity contribution in [2.24, 2.45) is 5.73 Å². The van der Waals surface area contributed by atoms with Crippen molar-refractivity contribution in [2.75, 3.05) is 5.32 Å².